The molecule has 1 aromatic carbocycles. The van der Waals surface area contributed by atoms with Crippen LogP contribution in [0.4, 0.5) is 8.78 Å². The maximum Gasteiger partial charge on any atom is 0.213 e. The molecule has 1 amide bonds. The Morgan fingerprint density at radius 3 is 2.52 bits per heavy atom. The highest BCUT2D eigenvalue weighted by Gasteiger charge is 2.28. The van der Waals surface area contributed by atoms with E-state index in [2.05, 4.69) is 38.7 Å². The molecule has 1 N–H and O–H groups in total. The van der Waals surface area contributed by atoms with Gasteiger partial charge in [-0.25, -0.2) is 8.78 Å². The third kappa shape index (κ3) is 10.8. The summed E-state index contributed by atoms with van der Waals surface area (Å²) in [7, 11) is 1.68. The largest absolute Gasteiger partial charge is 0.380 e. The van der Waals surface area contributed by atoms with Crippen LogP contribution in [-0.2, 0) is 9.53 Å². The Morgan fingerprint density at radius 2 is 1.93 bits per heavy atom. The van der Waals surface area contributed by atoms with Crippen LogP contribution in [0, 0.1) is 17.6 Å². The van der Waals surface area contributed by atoms with Crippen LogP contribution < -0.4 is 5.32 Å². The number of methoxy groups -OCH3 is 1. The molecule has 6 heteroatoms. The molecule has 2 aliphatic rings. The Bertz CT molecular complexity index is 1140. The molecule has 1 fully saturated rings. The highest BCUT2D eigenvalue weighted by atomic mass is 19.2. The third-order valence-electron chi connectivity index (χ3n) is 6.95. The second kappa shape index (κ2) is 17.6. The van der Waals surface area contributed by atoms with Crippen molar-refractivity contribution < 1.29 is 18.3 Å². The minimum atomic E-state index is -0.816. The number of nitrogens with zero attached hydrogens (tertiary/aromatic N) is 1. The monoisotopic (exact) mass is 552 g/mol. The first-order valence-corrected chi connectivity index (χ1v) is 14.3. The van der Waals surface area contributed by atoms with E-state index in [9.17, 15) is 13.6 Å². The van der Waals surface area contributed by atoms with Crippen LogP contribution in [0.1, 0.15) is 65.4 Å². The zero-order valence-corrected chi connectivity index (χ0v) is 24.8. The maximum absolute atomic E-state index is 13.7. The van der Waals surface area contributed by atoms with Gasteiger partial charge in [0.15, 0.2) is 11.6 Å². The average Bonchev–Trinajstić information content (AvgIpc) is 3.80. The fourth-order valence-corrected chi connectivity index (χ4v) is 4.51. The zero-order chi connectivity index (χ0) is 29.5. The van der Waals surface area contributed by atoms with E-state index in [1.54, 1.807) is 18.1 Å². The molecule has 4 nitrogen and oxygen atoms in total. The van der Waals surface area contributed by atoms with Crippen LogP contribution in [0.2, 0.25) is 0 Å². The van der Waals surface area contributed by atoms with Gasteiger partial charge in [0.25, 0.3) is 0 Å². The SMILES string of the molecule is C=C(/C(=C(C)\C=C(/C)CNCCC)c1ccc(F)c(F)c1)C1CC1.CCC(CN(C=O)C1=CC=CC=CC1)OC. The molecule has 0 bridgehead atoms. The van der Waals surface area contributed by atoms with Crippen LogP contribution in [-0.4, -0.2) is 44.2 Å². The first-order chi connectivity index (χ1) is 19.2. The molecule has 0 saturated heterocycles. The number of allylic oxidation sites excluding steroid dienone is 9. The molecule has 0 heterocycles. The molecule has 1 unspecified atom stereocenters. The van der Waals surface area contributed by atoms with Crippen LogP contribution in [0.3, 0.4) is 0 Å². The van der Waals surface area contributed by atoms with Crippen molar-refractivity contribution in [2.24, 2.45) is 5.92 Å². The van der Waals surface area contributed by atoms with Crippen LogP contribution in [0.25, 0.3) is 5.57 Å². The lowest BCUT2D eigenvalue weighted by Gasteiger charge is -2.24. The molecule has 218 valence electrons. The van der Waals surface area contributed by atoms with Crippen molar-refractivity contribution in [3.05, 3.63) is 101 Å². The Kier molecular flexibility index (Phi) is 14.5. The van der Waals surface area contributed by atoms with Crippen molar-refractivity contribution in [1.82, 2.24) is 10.2 Å². The number of carbonyl (C=O) groups is 1. The van der Waals surface area contributed by atoms with Crippen molar-refractivity contribution in [3.63, 3.8) is 0 Å². The molecule has 2 aliphatic carbocycles. The molecule has 3 rings (SSSR count). The van der Waals surface area contributed by atoms with E-state index in [-0.39, 0.29) is 6.10 Å². The number of hydrogen-bond donors (Lipinski definition) is 1. The number of amides is 1. The minimum absolute atomic E-state index is 0.0994. The summed E-state index contributed by atoms with van der Waals surface area (Å²) in [6.45, 7) is 14.9. The molecule has 0 spiro atoms. The quantitative estimate of drug-likeness (QED) is 0.145. The number of ether oxygens (including phenoxy) is 1. The Balaban J connectivity index is 0.000000305. The van der Waals surface area contributed by atoms with Gasteiger partial charge in [0.2, 0.25) is 6.41 Å². The number of carbonyl (C=O) groups excluding carboxylic acids is 1. The minimum Gasteiger partial charge on any atom is -0.380 e. The van der Waals surface area contributed by atoms with Gasteiger partial charge in [0, 0.05) is 25.8 Å². The fraction of sp³-hybridized carbons (Fsp3) is 0.441. The van der Waals surface area contributed by atoms with E-state index in [1.807, 2.05) is 37.3 Å². The van der Waals surface area contributed by atoms with Gasteiger partial charge >= 0.3 is 0 Å². The van der Waals surface area contributed by atoms with E-state index >= 15 is 0 Å². The van der Waals surface area contributed by atoms with Crippen molar-refractivity contribution >= 4 is 12.0 Å². The van der Waals surface area contributed by atoms with Crippen LogP contribution >= 0.6 is 0 Å². The Hall–Kier alpha value is -3.09. The van der Waals surface area contributed by atoms with E-state index < -0.39 is 11.6 Å². The lowest BCUT2D eigenvalue weighted by Crippen LogP contribution is -2.31. The second-order valence-corrected chi connectivity index (χ2v) is 10.4. The molecule has 0 aromatic heterocycles. The van der Waals surface area contributed by atoms with Crippen LogP contribution in [0.15, 0.2) is 83.7 Å². The summed E-state index contributed by atoms with van der Waals surface area (Å²) in [6.07, 6.45) is 18.0. The van der Waals surface area contributed by atoms with Gasteiger partial charge in [0.1, 0.15) is 0 Å². The van der Waals surface area contributed by atoms with Crippen molar-refractivity contribution in [1.29, 1.82) is 0 Å². The van der Waals surface area contributed by atoms with E-state index in [0.29, 0.717) is 18.0 Å². The molecule has 1 saturated carbocycles. The summed E-state index contributed by atoms with van der Waals surface area (Å²) in [6, 6.07) is 4.11. The second-order valence-electron chi connectivity index (χ2n) is 10.4. The first kappa shape index (κ1) is 33.1. The predicted octanol–water partition coefficient (Wildman–Crippen LogP) is 7.92. The van der Waals surface area contributed by atoms with Crippen molar-refractivity contribution in [2.75, 3.05) is 26.7 Å². The number of halogens is 2. The average molecular weight is 553 g/mol. The molecule has 0 radical (unpaired) electrons. The van der Waals surface area contributed by atoms with E-state index in [4.69, 9.17) is 4.74 Å². The molecular formula is C34H46F2N2O2. The highest BCUT2D eigenvalue weighted by Crippen LogP contribution is 2.43. The summed E-state index contributed by atoms with van der Waals surface area (Å²) in [4.78, 5) is 12.8. The molecule has 1 atom stereocenters. The molecule has 40 heavy (non-hydrogen) atoms. The van der Waals surface area contributed by atoms with Crippen LogP contribution in [0.5, 0.6) is 0 Å². The zero-order valence-electron chi connectivity index (χ0n) is 24.8. The van der Waals surface area contributed by atoms with Gasteiger partial charge in [-0.15, -0.1) is 0 Å². The number of rotatable bonds is 14. The summed E-state index contributed by atoms with van der Waals surface area (Å²) in [5.74, 6) is -1.16. The number of benzene rings is 1. The van der Waals surface area contributed by atoms with Gasteiger partial charge in [-0.05, 0) is 92.5 Å². The summed E-state index contributed by atoms with van der Waals surface area (Å²) >= 11 is 0. The topological polar surface area (TPSA) is 41.6 Å². The predicted molar refractivity (Wildman–Crippen MR) is 163 cm³/mol. The van der Waals surface area contributed by atoms with Gasteiger partial charge in [0.05, 0.1) is 12.6 Å². The van der Waals surface area contributed by atoms with Gasteiger partial charge in [-0.2, -0.15) is 0 Å². The summed E-state index contributed by atoms with van der Waals surface area (Å²) in [5.41, 5.74) is 5.96. The van der Waals surface area contributed by atoms with E-state index in [1.165, 1.54) is 17.7 Å². The van der Waals surface area contributed by atoms with E-state index in [0.717, 1.165) is 74.0 Å². The standard InChI is InChI=1S/C21H27F2N.C13H19NO2/c1-5-10-24-13-14(2)11-15(3)21(16(4)17-6-7-17)18-8-9-19(22)20(23)12-18;1-3-13(16-2)10-14(11-15)12-8-6-4-5-7-9-12/h8-9,11-12,17,24H,4-7,10,13H2,1-3H3;4-8,11,13H,3,9-10H2,1-2H3/b14-11+,21-15+;. The molecule has 1 aromatic rings. The molecule has 0 aliphatic heterocycles. The Labute approximate surface area is 239 Å². The summed E-state index contributed by atoms with van der Waals surface area (Å²) < 4.78 is 32.3. The van der Waals surface area contributed by atoms with Gasteiger partial charge in [-0.3, -0.25) is 4.79 Å². The maximum atomic E-state index is 13.7. The summed E-state index contributed by atoms with van der Waals surface area (Å²) in [5, 5.41) is 3.38. The first-order valence-electron chi connectivity index (χ1n) is 14.3. The number of hydrogen-bond acceptors (Lipinski definition) is 3. The third-order valence-corrected chi connectivity index (χ3v) is 6.95. The van der Waals surface area contributed by atoms with Crippen molar-refractivity contribution in [2.45, 2.75) is 65.9 Å². The van der Waals surface area contributed by atoms with Gasteiger partial charge < -0.3 is 15.0 Å². The highest BCUT2D eigenvalue weighted by molar-refractivity contribution is 5.83. The number of nitrogens with one attached hydrogen (secondary N) is 1. The smallest absolute Gasteiger partial charge is 0.213 e. The fourth-order valence-electron chi connectivity index (χ4n) is 4.51. The lowest BCUT2D eigenvalue weighted by atomic mass is 9.91. The molecular weight excluding hydrogens is 506 g/mol. The van der Waals surface area contributed by atoms with Crippen molar-refractivity contribution in [3.8, 4) is 0 Å². The lowest BCUT2D eigenvalue weighted by molar-refractivity contribution is -0.118. The van der Waals surface area contributed by atoms with Gasteiger partial charge in [-0.1, -0.05) is 62.4 Å². The normalized spacial score (nSPS) is 16.3. The Morgan fingerprint density at radius 1 is 1.18 bits per heavy atom.